The molecule has 128 valence electrons. The number of benzene rings is 2. The lowest BCUT2D eigenvalue weighted by molar-refractivity contribution is -0.124. The van der Waals surface area contributed by atoms with E-state index in [1.54, 1.807) is 18.2 Å². The van der Waals surface area contributed by atoms with E-state index in [2.05, 4.69) is 5.32 Å². The molecule has 5 nitrogen and oxygen atoms in total. The first-order valence-corrected chi connectivity index (χ1v) is 7.94. The van der Waals surface area contributed by atoms with Gasteiger partial charge in [0, 0.05) is 0 Å². The number of nitrogens with zero attached hydrogens (tertiary/aromatic N) is 1. The second-order valence-corrected chi connectivity index (χ2v) is 5.90. The summed E-state index contributed by atoms with van der Waals surface area (Å²) < 4.78 is 5.01. The Labute approximate surface area is 147 Å². The monoisotopic (exact) mass is 336 g/mol. The number of hydrogen-bond donors (Lipinski definition) is 1. The highest BCUT2D eigenvalue weighted by Gasteiger charge is 2.14. The quantitative estimate of drug-likeness (QED) is 0.850. The second-order valence-electron chi connectivity index (χ2n) is 5.90. The highest BCUT2D eigenvalue weighted by Crippen LogP contribution is 2.16. The van der Waals surface area contributed by atoms with E-state index in [0.717, 1.165) is 11.1 Å². The maximum atomic E-state index is 12.0. The van der Waals surface area contributed by atoms with Gasteiger partial charge in [-0.15, -0.1) is 0 Å². The molecule has 2 aromatic rings. The molecule has 0 bridgehead atoms. The average Bonchev–Trinajstić information content (AvgIpc) is 2.61. The van der Waals surface area contributed by atoms with Gasteiger partial charge in [0.1, 0.15) is 0 Å². The standard InChI is InChI=1S/C20H20N2O3/c1-13-7-8-17(9-14(13)2)15(3)22-19(23)12-25-20(24)18-6-4-5-16(10-18)11-21/h4-10,15H,12H2,1-3H3,(H,22,23)/t15-/m1/s1. The lowest BCUT2D eigenvalue weighted by atomic mass is 10.0. The fraction of sp³-hybridized carbons (Fsp3) is 0.250. The Morgan fingerprint density at radius 3 is 2.60 bits per heavy atom. The third-order valence-corrected chi connectivity index (χ3v) is 3.97. The molecule has 25 heavy (non-hydrogen) atoms. The Bertz CT molecular complexity index is 837. The molecule has 5 heteroatoms. The van der Waals surface area contributed by atoms with Crippen LogP contribution in [-0.4, -0.2) is 18.5 Å². The zero-order valence-corrected chi connectivity index (χ0v) is 14.5. The SMILES string of the molecule is Cc1ccc([C@@H](C)NC(=O)COC(=O)c2cccc(C#N)c2)cc1C. The first-order valence-electron chi connectivity index (χ1n) is 7.94. The van der Waals surface area contributed by atoms with Crippen LogP contribution in [0.2, 0.25) is 0 Å². The van der Waals surface area contributed by atoms with Gasteiger partial charge in [-0.25, -0.2) is 4.79 Å². The van der Waals surface area contributed by atoms with E-state index in [1.165, 1.54) is 11.6 Å². The Balaban J connectivity index is 1.90. The van der Waals surface area contributed by atoms with Gasteiger partial charge in [0.2, 0.25) is 0 Å². The zero-order chi connectivity index (χ0) is 18.4. The normalized spacial score (nSPS) is 11.3. The van der Waals surface area contributed by atoms with E-state index in [9.17, 15) is 9.59 Å². The van der Waals surface area contributed by atoms with E-state index in [4.69, 9.17) is 10.00 Å². The van der Waals surface area contributed by atoms with Gasteiger partial charge in [-0.1, -0.05) is 24.3 Å². The molecule has 0 saturated heterocycles. The smallest absolute Gasteiger partial charge is 0.338 e. The first-order chi connectivity index (χ1) is 11.9. The van der Waals surface area contributed by atoms with Crippen molar-refractivity contribution in [2.75, 3.05) is 6.61 Å². The fourth-order valence-corrected chi connectivity index (χ4v) is 2.33. The summed E-state index contributed by atoms with van der Waals surface area (Å²) in [5.74, 6) is -1.01. The van der Waals surface area contributed by atoms with Crippen molar-refractivity contribution in [1.82, 2.24) is 5.32 Å². The molecule has 0 aliphatic heterocycles. The maximum absolute atomic E-state index is 12.0. The minimum absolute atomic E-state index is 0.188. The molecule has 0 radical (unpaired) electrons. The van der Waals surface area contributed by atoms with E-state index < -0.39 is 5.97 Å². The molecule has 0 heterocycles. The van der Waals surface area contributed by atoms with Crippen molar-refractivity contribution in [3.8, 4) is 6.07 Å². The molecule has 0 fully saturated rings. The Hall–Kier alpha value is -3.13. The predicted molar refractivity (Wildman–Crippen MR) is 93.9 cm³/mol. The molecule has 0 aliphatic carbocycles. The van der Waals surface area contributed by atoms with Crippen molar-refractivity contribution in [1.29, 1.82) is 5.26 Å². The summed E-state index contributed by atoms with van der Waals surface area (Å²) in [5.41, 5.74) is 3.94. The Morgan fingerprint density at radius 1 is 1.16 bits per heavy atom. The number of esters is 1. The van der Waals surface area contributed by atoms with Crippen LogP contribution in [0.25, 0.3) is 0 Å². The van der Waals surface area contributed by atoms with Crippen molar-refractivity contribution in [2.24, 2.45) is 0 Å². The number of aryl methyl sites for hydroxylation is 2. The summed E-state index contributed by atoms with van der Waals surface area (Å²) in [4.78, 5) is 23.9. The van der Waals surface area contributed by atoms with Crippen molar-refractivity contribution in [2.45, 2.75) is 26.8 Å². The lowest BCUT2D eigenvalue weighted by Gasteiger charge is -2.15. The molecule has 0 saturated carbocycles. The van der Waals surface area contributed by atoms with Crippen LogP contribution in [0, 0.1) is 25.2 Å². The van der Waals surface area contributed by atoms with Gasteiger partial charge < -0.3 is 10.1 Å². The van der Waals surface area contributed by atoms with Crippen LogP contribution < -0.4 is 5.32 Å². The number of rotatable bonds is 5. The number of amides is 1. The van der Waals surface area contributed by atoms with Crippen molar-refractivity contribution < 1.29 is 14.3 Å². The number of nitrogens with one attached hydrogen (secondary N) is 1. The average molecular weight is 336 g/mol. The molecule has 0 aliphatic rings. The van der Waals surface area contributed by atoms with Crippen molar-refractivity contribution >= 4 is 11.9 Å². The number of carbonyl (C=O) groups is 2. The van der Waals surface area contributed by atoms with Crippen LogP contribution >= 0.6 is 0 Å². The molecule has 2 rings (SSSR count). The third kappa shape index (κ3) is 4.92. The van der Waals surface area contributed by atoms with Crippen LogP contribution in [0.4, 0.5) is 0 Å². The highest BCUT2D eigenvalue weighted by atomic mass is 16.5. The van der Waals surface area contributed by atoms with Crippen LogP contribution in [0.15, 0.2) is 42.5 Å². The van der Waals surface area contributed by atoms with Crippen molar-refractivity contribution in [3.63, 3.8) is 0 Å². The maximum Gasteiger partial charge on any atom is 0.338 e. The summed E-state index contributed by atoms with van der Waals surface area (Å²) in [6, 6.07) is 13.9. The van der Waals surface area contributed by atoms with Crippen LogP contribution in [0.5, 0.6) is 0 Å². The van der Waals surface area contributed by atoms with Gasteiger partial charge >= 0.3 is 5.97 Å². The largest absolute Gasteiger partial charge is 0.452 e. The van der Waals surface area contributed by atoms with E-state index in [0.29, 0.717) is 5.56 Å². The summed E-state index contributed by atoms with van der Waals surface area (Å²) in [5, 5.41) is 11.6. The molecule has 1 atom stereocenters. The van der Waals surface area contributed by atoms with Crippen LogP contribution in [-0.2, 0) is 9.53 Å². The van der Waals surface area contributed by atoms with Crippen molar-refractivity contribution in [3.05, 3.63) is 70.3 Å². The first kappa shape index (κ1) is 18.2. The third-order valence-electron chi connectivity index (χ3n) is 3.97. The number of ether oxygens (including phenoxy) is 1. The zero-order valence-electron chi connectivity index (χ0n) is 14.5. The Kier molecular flexibility index (Phi) is 5.91. The second kappa shape index (κ2) is 8.11. The number of nitriles is 1. The molecular formula is C20H20N2O3. The van der Waals surface area contributed by atoms with E-state index in [-0.39, 0.29) is 24.1 Å². The summed E-state index contributed by atoms with van der Waals surface area (Å²) in [7, 11) is 0. The van der Waals surface area contributed by atoms with E-state index >= 15 is 0 Å². The van der Waals surface area contributed by atoms with Crippen LogP contribution in [0.3, 0.4) is 0 Å². The number of hydrogen-bond acceptors (Lipinski definition) is 4. The minimum atomic E-state index is -0.633. The molecule has 0 aromatic heterocycles. The van der Waals surface area contributed by atoms with Crippen LogP contribution in [0.1, 0.15) is 45.6 Å². The summed E-state index contributed by atoms with van der Waals surface area (Å²) in [6.07, 6.45) is 0. The number of carbonyl (C=O) groups excluding carboxylic acids is 2. The molecule has 0 spiro atoms. The van der Waals surface area contributed by atoms with Gasteiger partial charge in [-0.3, -0.25) is 4.79 Å². The summed E-state index contributed by atoms with van der Waals surface area (Å²) >= 11 is 0. The molecule has 1 amide bonds. The minimum Gasteiger partial charge on any atom is -0.452 e. The predicted octanol–water partition coefficient (Wildman–Crippen LogP) is 3.21. The highest BCUT2D eigenvalue weighted by molar-refractivity contribution is 5.91. The molecule has 1 N–H and O–H groups in total. The summed E-state index contributed by atoms with van der Waals surface area (Å²) in [6.45, 7) is 5.55. The topological polar surface area (TPSA) is 79.2 Å². The van der Waals surface area contributed by atoms with Gasteiger partial charge in [0.25, 0.3) is 5.91 Å². The molecular weight excluding hydrogens is 316 g/mol. The lowest BCUT2D eigenvalue weighted by Crippen LogP contribution is -2.31. The fourth-order valence-electron chi connectivity index (χ4n) is 2.33. The van der Waals surface area contributed by atoms with E-state index in [1.807, 2.05) is 45.0 Å². The Morgan fingerprint density at radius 2 is 1.92 bits per heavy atom. The van der Waals surface area contributed by atoms with Gasteiger partial charge in [-0.05, 0) is 55.7 Å². The van der Waals surface area contributed by atoms with Gasteiger partial charge in [0.15, 0.2) is 6.61 Å². The molecule has 2 aromatic carbocycles. The van der Waals surface area contributed by atoms with Gasteiger partial charge in [-0.2, -0.15) is 5.26 Å². The molecule has 0 unspecified atom stereocenters. The van der Waals surface area contributed by atoms with Gasteiger partial charge in [0.05, 0.1) is 23.2 Å².